The second kappa shape index (κ2) is 8.32. The normalized spacial score (nSPS) is 26.6. The van der Waals surface area contributed by atoms with Crippen molar-refractivity contribution in [3.8, 4) is 5.75 Å². The molecule has 1 unspecified atom stereocenters. The average molecular weight is 466 g/mol. The standard InChI is InChI=1S/C25H32N5O2P/c1-25(2)19-10-6-8-12-21(19)28(3)24(25)23-18-26-29(4)33(23,30-14-16-32-17-15-30)27-20-11-7-9-13-22(20)31-5/h6-13,18H,14-17H2,1-5H3/b24-23+. The molecule has 8 heteroatoms. The van der Waals surface area contributed by atoms with Gasteiger partial charge in [-0.2, -0.15) is 5.10 Å². The first-order valence-corrected chi connectivity index (χ1v) is 13.0. The van der Waals surface area contributed by atoms with E-state index in [9.17, 15) is 0 Å². The van der Waals surface area contributed by atoms with Crippen molar-refractivity contribution < 1.29 is 9.47 Å². The van der Waals surface area contributed by atoms with Gasteiger partial charge in [0.15, 0.2) is 7.36 Å². The number of anilines is 1. The Morgan fingerprint density at radius 2 is 1.73 bits per heavy atom. The van der Waals surface area contributed by atoms with Gasteiger partial charge < -0.3 is 14.4 Å². The van der Waals surface area contributed by atoms with E-state index < -0.39 is 7.36 Å². The van der Waals surface area contributed by atoms with Crippen molar-refractivity contribution >= 4 is 24.9 Å². The van der Waals surface area contributed by atoms with E-state index in [4.69, 9.17) is 19.3 Å². The Kier molecular flexibility index (Phi) is 5.60. The number of allylic oxidation sites excluding steroid dienone is 2. The number of hydrogen-bond donors (Lipinski definition) is 0. The molecule has 1 atom stereocenters. The number of nitrogens with zero attached hydrogens (tertiary/aromatic N) is 5. The first kappa shape index (κ1) is 22.2. The maximum atomic E-state index is 5.73. The molecule has 0 aliphatic carbocycles. The number of hydrogen-bond acceptors (Lipinski definition) is 5. The minimum absolute atomic E-state index is 0.175. The lowest BCUT2D eigenvalue weighted by atomic mass is 9.84. The van der Waals surface area contributed by atoms with Gasteiger partial charge in [-0.3, -0.25) is 0 Å². The lowest BCUT2D eigenvalue weighted by Crippen LogP contribution is -2.37. The maximum absolute atomic E-state index is 5.73. The number of ether oxygens (including phenoxy) is 2. The van der Waals surface area contributed by atoms with Gasteiger partial charge in [0.25, 0.3) is 0 Å². The fourth-order valence-corrected chi connectivity index (χ4v) is 8.96. The quantitative estimate of drug-likeness (QED) is 0.579. The fourth-order valence-electron chi connectivity index (χ4n) is 5.31. The van der Waals surface area contributed by atoms with E-state index >= 15 is 0 Å². The molecule has 0 N–H and O–H groups in total. The molecule has 2 aromatic rings. The molecular formula is C25H32N5O2P. The highest BCUT2D eigenvalue weighted by Gasteiger charge is 2.48. The molecule has 3 heterocycles. The molecule has 0 spiro atoms. The number of fused-ring (bicyclic) bond motifs is 1. The third-order valence-electron chi connectivity index (χ3n) is 6.90. The van der Waals surface area contributed by atoms with Crippen molar-refractivity contribution in [1.29, 1.82) is 0 Å². The second-order valence-corrected chi connectivity index (χ2v) is 12.0. The van der Waals surface area contributed by atoms with Crippen molar-refractivity contribution in [1.82, 2.24) is 9.45 Å². The molecule has 33 heavy (non-hydrogen) atoms. The largest absolute Gasteiger partial charge is 0.494 e. The Labute approximate surface area is 196 Å². The van der Waals surface area contributed by atoms with Crippen LogP contribution in [0, 0.1) is 0 Å². The number of para-hydroxylation sites is 2. The molecule has 3 aliphatic rings. The van der Waals surface area contributed by atoms with E-state index in [0.29, 0.717) is 13.2 Å². The van der Waals surface area contributed by atoms with E-state index in [-0.39, 0.29) is 5.41 Å². The Balaban J connectivity index is 1.82. The minimum atomic E-state index is -2.43. The molecule has 1 saturated heterocycles. The summed E-state index contributed by atoms with van der Waals surface area (Å²) >= 11 is 0. The summed E-state index contributed by atoms with van der Waals surface area (Å²) in [5.74, 6) is 0.775. The summed E-state index contributed by atoms with van der Waals surface area (Å²) in [5.41, 5.74) is 4.51. The lowest BCUT2D eigenvalue weighted by Gasteiger charge is -2.41. The third-order valence-corrected chi connectivity index (χ3v) is 10.5. The Bertz CT molecular complexity index is 1180. The molecule has 0 saturated carbocycles. The van der Waals surface area contributed by atoms with Gasteiger partial charge in [0.1, 0.15) is 11.4 Å². The SMILES string of the molecule is COc1ccccc1N=P1(N2CCOCC2)/C(=C2/N(C)c3ccccc3C2(C)C)C=NN1C. The number of hydrazone groups is 1. The molecule has 7 nitrogen and oxygen atoms in total. The third kappa shape index (κ3) is 3.33. The Morgan fingerprint density at radius 3 is 2.45 bits per heavy atom. The van der Waals surface area contributed by atoms with Crippen LogP contribution < -0.4 is 9.64 Å². The highest BCUT2D eigenvalue weighted by molar-refractivity contribution is 7.67. The van der Waals surface area contributed by atoms with Crippen LogP contribution >= 0.6 is 7.36 Å². The van der Waals surface area contributed by atoms with Crippen LogP contribution in [-0.4, -0.2) is 63.2 Å². The van der Waals surface area contributed by atoms with Gasteiger partial charge >= 0.3 is 0 Å². The van der Waals surface area contributed by atoms with Gasteiger partial charge in [0, 0.05) is 44.0 Å². The average Bonchev–Trinajstić information content (AvgIpc) is 3.25. The predicted molar refractivity (Wildman–Crippen MR) is 136 cm³/mol. The van der Waals surface area contributed by atoms with Gasteiger partial charge in [0.05, 0.1) is 31.9 Å². The van der Waals surface area contributed by atoms with Crippen LogP contribution in [0.4, 0.5) is 11.4 Å². The smallest absolute Gasteiger partial charge is 0.175 e. The molecule has 3 aliphatic heterocycles. The molecular weight excluding hydrogens is 433 g/mol. The van der Waals surface area contributed by atoms with Crippen LogP contribution in [-0.2, 0) is 10.2 Å². The van der Waals surface area contributed by atoms with Gasteiger partial charge in [-0.05, 0) is 23.8 Å². The van der Waals surface area contributed by atoms with Crippen molar-refractivity contribution in [2.45, 2.75) is 19.3 Å². The van der Waals surface area contributed by atoms with Crippen LogP contribution in [0.5, 0.6) is 5.75 Å². The van der Waals surface area contributed by atoms with Crippen molar-refractivity contribution in [3.63, 3.8) is 0 Å². The molecule has 2 aromatic carbocycles. The number of morpholine rings is 1. The van der Waals surface area contributed by atoms with Crippen molar-refractivity contribution in [3.05, 3.63) is 65.1 Å². The van der Waals surface area contributed by atoms with Gasteiger partial charge in [-0.25, -0.2) is 14.2 Å². The number of benzene rings is 2. The van der Waals surface area contributed by atoms with E-state index in [1.54, 1.807) is 7.11 Å². The highest BCUT2D eigenvalue weighted by Crippen LogP contribution is 2.69. The fraction of sp³-hybridized carbons (Fsp3) is 0.400. The molecule has 0 amide bonds. The van der Waals surface area contributed by atoms with Crippen LogP contribution in [0.15, 0.2) is 69.4 Å². The van der Waals surface area contributed by atoms with Crippen LogP contribution in [0.3, 0.4) is 0 Å². The molecule has 0 bridgehead atoms. The summed E-state index contributed by atoms with van der Waals surface area (Å²) in [5, 5.41) is 6.06. The maximum Gasteiger partial charge on any atom is 0.175 e. The first-order chi connectivity index (χ1) is 15.9. The number of rotatable bonds is 3. The summed E-state index contributed by atoms with van der Waals surface area (Å²) in [6.07, 6.45) is 2.04. The molecule has 1 fully saturated rings. The summed E-state index contributed by atoms with van der Waals surface area (Å²) in [4.78, 5) is 2.34. The van der Waals surface area contributed by atoms with Gasteiger partial charge in [0.2, 0.25) is 0 Å². The first-order valence-electron chi connectivity index (χ1n) is 11.4. The van der Waals surface area contributed by atoms with Crippen LogP contribution in [0.1, 0.15) is 19.4 Å². The monoisotopic (exact) mass is 465 g/mol. The number of likely N-dealkylation sites (N-methyl/N-ethyl adjacent to an activating group) is 1. The molecule has 5 rings (SSSR count). The summed E-state index contributed by atoms with van der Waals surface area (Å²) in [6.45, 7) is 7.63. The zero-order valence-electron chi connectivity index (χ0n) is 20.0. The minimum Gasteiger partial charge on any atom is -0.494 e. The number of methoxy groups -OCH3 is 1. The van der Waals surface area contributed by atoms with Crippen molar-refractivity contribution in [2.24, 2.45) is 9.85 Å². The summed E-state index contributed by atoms with van der Waals surface area (Å²) < 4.78 is 21.5. The second-order valence-electron chi connectivity index (χ2n) is 9.08. The van der Waals surface area contributed by atoms with E-state index in [1.807, 2.05) is 30.5 Å². The summed E-state index contributed by atoms with van der Waals surface area (Å²) in [6, 6.07) is 16.7. The Hall–Kier alpha value is -2.60. The predicted octanol–water partition coefficient (Wildman–Crippen LogP) is 5.26. The summed E-state index contributed by atoms with van der Waals surface area (Å²) in [7, 11) is 3.49. The van der Waals surface area contributed by atoms with Crippen LogP contribution in [0.25, 0.3) is 0 Å². The van der Waals surface area contributed by atoms with Crippen molar-refractivity contribution in [2.75, 3.05) is 52.4 Å². The van der Waals surface area contributed by atoms with E-state index in [0.717, 1.165) is 24.5 Å². The Morgan fingerprint density at radius 1 is 1.03 bits per heavy atom. The zero-order valence-corrected chi connectivity index (χ0v) is 20.9. The van der Waals surface area contributed by atoms with Crippen LogP contribution in [0.2, 0.25) is 0 Å². The zero-order chi connectivity index (χ0) is 23.2. The molecule has 0 radical (unpaired) electrons. The topological polar surface area (TPSA) is 52.9 Å². The van der Waals surface area contributed by atoms with E-state index in [2.05, 4.69) is 66.6 Å². The molecule has 174 valence electrons. The van der Waals surface area contributed by atoms with Gasteiger partial charge in [-0.1, -0.05) is 44.2 Å². The highest BCUT2D eigenvalue weighted by atomic mass is 31.2. The lowest BCUT2D eigenvalue weighted by molar-refractivity contribution is 0.0725. The van der Waals surface area contributed by atoms with E-state index in [1.165, 1.54) is 22.3 Å². The van der Waals surface area contributed by atoms with Gasteiger partial charge in [-0.15, -0.1) is 0 Å². The molecule has 0 aromatic heterocycles.